The highest BCUT2D eigenvalue weighted by molar-refractivity contribution is 6.05. The lowest BCUT2D eigenvalue weighted by molar-refractivity contribution is 1.29. The minimum Gasteiger partial charge on any atom is -0.321 e. The van der Waals surface area contributed by atoms with Gasteiger partial charge in [0.15, 0.2) is 0 Å². The zero-order valence-corrected chi connectivity index (χ0v) is 9.74. The van der Waals surface area contributed by atoms with Crippen molar-refractivity contribution in [2.24, 2.45) is 0 Å². The van der Waals surface area contributed by atoms with Crippen molar-refractivity contribution < 1.29 is 0 Å². The van der Waals surface area contributed by atoms with Crippen LogP contribution >= 0.6 is 0 Å². The van der Waals surface area contributed by atoms with Crippen LogP contribution in [-0.4, -0.2) is 9.97 Å². The lowest BCUT2D eigenvalue weighted by Gasteiger charge is -2.06. The van der Waals surface area contributed by atoms with Gasteiger partial charge in [-0.2, -0.15) is 0 Å². The van der Waals surface area contributed by atoms with Gasteiger partial charge in [0.25, 0.3) is 5.56 Å². The largest absolute Gasteiger partial charge is 0.321 e. The Bertz CT molecular complexity index is 787. The molecule has 2 heterocycles. The SMILES string of the molecule is Cc1cc2[nH]c(=O)c3ccncc3c2cc1C. The number of aromatic amines is 1. The van der Waals surface area contributed by atoms with Gasteiger partial charge in [-0.3, -0.25) is 9.78 Å². The third kappa shape index (κ3) is 1.43. The molecule has 0 radical (unpaired) electrons. The van der Waals surface area contributed by atoms with Crippen LogP contribution in [-0.2, 0) is 0 Å². The average Bonchev–Trinajstić information content (AvgIpc) is 2.32. The van der Waals surface area contributed by atoms with Gasteiger partial charge in [-0.1, -0.05) is 0 Å². The van der Waals surface area contributed by atoms with E-state index in [2.05, 4.69) is 23.0 Å². The van der Waals surface area contributed by atoms with Gasteiger partial charge in [-0.25, -0.2) is 0 Å². The number of pyridine rings is 2. The zero-order chi connectivity index (χ0) is 12.0. The molecule has 0 bridgehead atoms. The van der Waals surface area contributed by atoms with Gasteiger partial charge in [0, 0.05) is 28.7 Å². The second-order valence-electron chi connectivity index (χ2n) is 4.36. The maximum absolute atomic E-state index is 11.9. The number of aryl methyl sites for hydroxylation is 2. The summed E-state index contributed by atoms with van der Waals surface area (Å²) in [6, 6.07) is 5.87. The molecule has 3 heteroatoms. The summed E-state index contributed by atoms with van der Waals surface area (Å²) in [6.45, 7) is 4.11. The zero-order valence-electron chi connectivity index (χ0n) is 9.74. The second-order valence-corrected chi connectivity index (χ2v) is 4.36. The molecule has 0 amide bonds. The number of nitrogens with one attached hydrogen (secondary N) is 1. The molecule has 0 saturated heterocycles. The summed E-state index contributed by atoms with van der Waals surface area (Å²) >= 11 is 0. The molecule has 0 saturated carbocycles. The molecule has 0 aliphatic heterocycles. The number of rotatable bonds is 0. The van der Waals surface area contributed by atoms with Crippen LogP contribution in [0.2, 0.25) is 0 Å². The maximum Gasteiger partial charge on any atom is 0.256 e. The molecular weight excluding hydrogens is 212 g/mol. The Balaban J connectivity index is 2.64. The normalized spacial score (nSPS) is 11.2. The highest BCUT2D eigenvalue weighted by Crippen LogP contribution is 2.23. The smallest absolute Gasteiger partial charge is 0.256 e. The summed E-state index contributed by atoms with van der Waals surface area (Å²) in [6.07, 6.45) is 3.39. The van der Waals surface area contributed by atoms with E-state index < -0.39 is 0 Å². The summed E-state index contributed by atoms with van der Waals surface area (Å²) in [7, 11) is 0. The van der Waals surface area contributed by atoms with Crippen LogP contribution in [0.15, 0.2) is 35.4 Å². The van der Waals surface area contributed by atoms with E-state index >= 15 is 0 Å². The van der Waals surface area contributed by atoms with Crippen LogP contribution < -0.4 is 5.56 Å². The van der Waals surface area contributed by atoms with Gasteiger partial charge < -0.3 is 4.98 Å². The molecule has 0 fully saturated rings. The molecule has 0 atom stereocenters. The molecule has 0 aliphatic carbocycles. The van der Waals surface area contributed by atoms with E-state index in [0.717, 1.165) is 16.3 Å². The molecule has 0 aliphatic rings. The fourth-order valence-corrected chi connectivity index (χ4v) is 2.14. The number of hydrogen-bond donors (Lipinski definition) is 1. The first-order valence-corrected chi connectivity index (χ1v) is 5.54. The van der Waals surface area contributed by atoms with E-state index in [1.54, 1.807) is 18.5 Å². The number of benzene rings is 1. The van der Waals surface area contributed by atoms with Crippen molar-refractivity contribution in [1.29, 1.82) is 0 Å². The van der Waals surface area contributed by atoms with E-state index in [0.29, 0.717) is 5.39 Å². The highest BCUT2D eigenvalue weighted by atomic mass is 16.1. The maximum atomic E-state index is 11.9. The van der Waals surface area contributed by atoms with Crippen LogP contribution in [0.3, 0.4) is 0 Å². The molecule has 0 unspecified atom stereocenters. The molecule has 1 aromatic carbocycles. The van der Waals surface area contributed by atoms with E-state index in [1.165, 1.54) is 11.1 Å². The Kier molecular flexibility index (Phi) is 2.01. The Hall–Kier alpha value is -2.16. The van der Waals surface area contributed by atoms with Crippen molar-refractivity contribution in [3.05, 3.63) is 52.1 Å². The minimum atomic E-state index is -0.0573. The van der Waals surface area contributed by atoms with Crippen molar-refractivity contribution in [2.75, 3.05) is 0 Å². The van der Waals surface area contributed by atoms with E-state index in [1.807, 2.05) is 13.0 Å². The topological polar surface area (TPSA) is 45.8 Å². The molecule has 0 spiro atoms. The molecular formula is C14H12N2O. The molecule has 84 valence electrons. The average molecular weight is 224 g/mol. The van der Waals surface area contributed by atoms with Crippen molar-refractivity contribution in [1.82, 2.24) is 9.97 Å². The third-order valence-electron chi connectivity index (χ3n) is 3.24. The fourth-order valence-electron chi connectivity index (χ4n) is 2.14. The molecule has 3 aromatic rings. The highest BCUT2D eigenvalue weighted by Gasteiger charge is 2.06. The summed E-state index contributed by atoms with van der Waals surface area (Å²) in [5.41, 5.74) is 3.21. The van der Waals surface area contributed by atoms with Gasteiger partial charge in [0.2, 0.25) is 0 Å². The first-order chi connectivity index (χ1) is 8.16. The summed E-state index contributed by atoms with van der Waals surface area (Å²) in [5, 5.41) is 2.65. The van der Waals surface area contributed by atoms with Crippen molar-refractivity contribution in [3.8, 4) is 0 Å². The van der Waals surface area contributed by atoms with Crippen LogP contribution in [0, 0.1) is 13.8 Å². The molecule has 17 heavy (non-hydrogen) atoms. The summed E-state index contributed by atoms with van der Waals surface area (Å²) < 4.78 is 0. The van der Waals surface area contributed by atoms with Gasteiger partial charge in [0.05, 0.1) is 5.39 Å². The monoisotopic (exact) mass is 224 g/mol. The number of nitrogens with zero attached hydrogens (tertiary/aromatic N) is 1. The number of H-pyrrole nitrogens is 1. The van der Waals surface area contributed by atoms with E-state index in [9.17, 15) is 4.79 Å². The quantitative estimate of drug-likeness (QED) is 0.597. The fraction of sp³-hybridized carbons (Fsp3) is 0.143. The Morgan fingerprint density at radius 1 is 1.06 bits per heavy atom. The van der Waals surface area contributed by atoms with E-state index in [-0.39, 0.29) is 5.56 Å². The number of hydrogen-bond acceptors (Lipinski definition) is 2. The van der Waals surface area contributed by atoms with Gasteiger partial charge >= 0.3 is 0 Å². The van der Waals surface area contributed by atoms with Gasteiger partial charge in [-0.15, -0.1) is 0 Å². The summed E-state index contributed by atoms with van der Waals surface area (Å²) in [4.78, 5) is 18.9. The van der Waals surface area contributed by atoms with Crippen LogP contribution in [0.5, 0.6) is 0 Å². The first kappa shape index (κ1) is 10.0. The second kappa shape index (κ2) is 3.42. The Morgan fingerprint density at radius 3 is 2.65 bits per heavy atom. The Labute approximate surface area is 98.1 Å². The standard InChI is InChI=1S/C14H12N2O/c1-8-5-11-12-7-15-4-3-10(12)14(17)16-13(11)6-9(8)2/h3-7H,1-2H3,(H,16,17). The third-order valence-corrected chi connectivity index (χ3v) is 3.24. The number of aromatic nitrogens is 2. The predicted octanol–water partition coefficient (Wildman–Crippen LogP) is 2.69. The first-order valence-electron chi connectivity index (χ1n) is 5.54. The van der Waals surface area contributed by atoms with Crippen LogP contribution in [0.25, 0.3) is 21.7 Å². The predicted molar refractivity (Wildman–Crippen MR) is 69.3 cm³/mol. The lowest BCUT2D eigenvalue weighted by Crippen LogP contribution is -2.06. The van der Waals surface area contributed by atoms with Crippen molar-refractivity contribution in [3.63, 3.8) is 0 Å². The van der Waals surface area contributed by atoms with Gasteiger partial charge in [0.1, 0.15) is 0 Å². The minimum absolute atomic E-state index is 0.0573. The Morgan fingerprint density at radius 2 is 1.82 bits per heavy atom. The molecule has 3 rings (SSSR count). The summed E-state index contributed by atoms with van der Waals surface area (Å²) in [5.74, 6) is 0. The van der Waals surface area contributed by atoms with Crippen LogP contribution in [0.1, 0.15) is 11.1 Å². The molecule has 3 nitrogen and oxygen atoms in total. The van der Waals surface area contributed by atoms with Crippen LogP contribution in [0.4, 0.5) is 0 Å². The molecule has 2 aromatic heterocycles. The molecule has 1 N–H and O–H groups in total. The van der Waals surface area contributed by atoms with E-state index in [4.69, 9.17) is 0 Å². The number of fused-ring (bicyclic) bond motifs is 3. The van der Waals surface area contributed by atoms with Crippen molar-refractivity contribution >= 4 is 21.7 Å². The van der Waals surface area contributed by atoms with Gasteiger partial charge in [-0.05, 0) is 43.2 Å². The lowest BCUT2D eigenvalue weighted by atomic mass is 10.0. The van der Waals surface area contributed by atoms with Crippen molar-refractivity contribution in [2.45, 2.75) is 13.8 Å².